The first-order chi connectivity index (χ1) is 16.2. The van der Waals surface area contributed by atoms with Crippen molar-refractivity contribution in [1.29, 1.82) is 0 Å². The van der Waals surface area contributed by atoms with E-state index in [1.807, 2.05) is 38.1 Å². The third-order valence-electron chi connectivity index (χ3n) is 6.88. The molecule has 3 aromatic rings. The van der Waals surface area contributed by atoms with Crippen LogP contribution in [0.15, 0.2) is 36.5 Å². The molecule has 180 valence electrons. The summed E-state index contributed by atoms with van der Waals surface area (Å²) in [6, 6.07) is 8.79. The van der Waals surface area contributed by atoms with E-state index in [0.717, 1.165) is 41.8 Å². The Labute approximate surface area is 200 Å². The van der Waals surface area contributed by atoms with Gasteiger partial charge in [0.15, 0.2) is 0 Å². The molecule has 1 aliphatic carbocycles. The molecule has 4 rings (SSSR count). The highest BCUT2D eigenvalue weighted by atomic mass is 16.2. The van der Waals surface area contributed by atoms with Crippen molar-refractivity contribution in [1.82, 2.24) is 25.3 Å². The Kier molecular flexibility index (Phi) is 6.86. The van der Waals surface area contributed by atoms with Crippen LogP contribution in [0.4, 0.5) is 5.69 Å². The van der Waals surface area contributed by atoms with E-state index in [2.05, 4.69) is 39.8 Å². The first kappa shape index (κ1) is 23.7. The maximum absolute atomic E-state index is 13.5. The summed E-state index contributed by atoms with van der Waals surface area (Å²) in [6.07, 6.45) is 4.55. The van der Waals surface area contributed by atoms with Crippen LogP contribution in [0.5, 0.6) is 0 Å². The number of carbonyl (C=O) groups is 2. The fourth-order valence-electron chi connectivity index (χ4n) is 5.41. The minimum atomic E-state index is -0.620. The minimum Gasteiger partial charge on any atom is -0.339 e. The van der Waals surface area contributed by atoms with E-state index in [4.69, 9.17) is 0 Å². The van der Waals surface area contributed by atoms with Crippen LogP contribution in [-0.2, 0) is 11.8 Å². The lowest BCUT2D eigenvalue weighted by Crippen LogP contribution is -2.50. The Morgan fingerprint density at radius 3 is 2.29 bits per heavy atom. The van der Waals surface area contributed by atoms with Crippen molar-refractivity contribution in [2.24, 2.45) is 24.8 Å². The highest BCUT2D eigenvalue weighted by molar-refractivity contribution is 6.00. The molecule has 2 aromatic heterocycles. The van der Waals surface area contributed by atoms with Crippen LogP contribution in [0.25, 0.3) is 11.1 Å². The zero-order valence-electron chi connectivity index (χ0n) is 20.6. The second-order valence-electron chi connectivity index (χ2n) is 9.84. The lowest BCUT2D eigenvalue weighted by Gasteiger charge is -2.36. The van der Waals surface area contributed by atoms with E-state index in [1.165, 1.54) is 4.68 Å². The van der Waals surface area contributed by atoms with Gasteiger partial charge in [-0.3, -0.25) is 19.4 Å². The zero-order chi connectivity index (χ0) is 24.4. The molecule has 0 aliphatic heterocycles. The highest BCUT2D eigenvalue weighted by Gasteiger charge is 2.35. The van der Waals surface area contributed by atoms with Crippen molar-refractivity contribution in [2.75, 3.05) is 5.32 Å². The predicted octanol–water partition coefficient (Wildman–Crippen LogP) is 4.24. The Bertz CT molecular complexity index is 1130. The van der Waals surface area contributed by atoms with Gasteiger partial charge in [-0.2, -0.15) is 10.2 Å². The summed E-state index contributed by atoms with van der Waals surface area (Å²) in [5.41, 5.74) is 5.19. The number of hydrogen-bond acceptors (Lipinski definition) is 4. The zero-order valence-corrected chi connectivity index (χ0v) is 20.6. The monoisotopic (exact) mass is 462 g/mol. The molecule has 4 atom stereocenters. The fourth-order valence-corrected chi connectivity index (χ4v) is 5.41. The normalized spacial score (nSPS) is 21.1. The maximum atomic E-state index is 13.5. The molecule has 2 amide bonds. The smallest absolute Gasteiger partial charge is 0.270 e. The van der Waals surface area contributed by atoms with Gasteiger partial charge in [0.25, 0.3) is 5.91 Å². The van der Waals surface area contributed by atoms with Crippen LogP contribution in [0.2, 0.25) is 0 Å². The molecule has 0 saturated heterocycles. The van der Waals surface area contributed by atoms with E-state index in [1.54, 1.807) is 19.3 Å². The van der Waals surface area contributed by atoms with Crippen LogP contribution < -0.4 is 10.6 Å². The van der Waals surface area contributed by atoms with Gasteiger partial charge in [0, 0.05) is 30.2 Å². The summed E-state index contributed by atoms with van der Waals surface area (Å²) in [5.74, 6) is 0.626. The molecule has 1 unspecified atom stereocenters. The second kappa shape index (κ2) is 9.83. The number of aromatic amines is 1. The summed E-state index contributed by atoms with van der Waals surface area (Å²) >= 11 is 0. The third kappa shape index (κ3) is 5.05. The van der Waals surface area contributed by atoms with Crippen molar-refractivity contribution in [3.05, 3.63) is 53.6 Å². The lowest BCUT2D eigenvalue weighted by molar-refractivity contribution is -0.119. The SMILES string of the molecule is Cc1n[nH]c(C)c1-c1ccc(NC(=O)[C@@H](NC(=O)c2ccnn2C)C2C[C@@H](C)C[C@@H](C)C2)cc1. The summed E-state index contributed by atoms with van der Waals surface area (Å²) in [4.78, 5) is 26.5. The number of nitrogens with zero attached hydrogens (tertiary/aromatic N) is 3. The fraction of sp³-hybridized carbons (Fsp3) is 0.462. The van der Waals surface area contributed by atoms with Crippen molar-refractivity contribution < 1.29 is 9.59 Å². The lowest BCUT2D eigenvalue weighted by atomic mass is 9.73. The molecule has 0 radical (unpaired) electrons. The molecular formula is C26H34N6O2. The average Bonchev–Trinajstić information content (AvgIpc) is 3.36. The summed E-state index contributed by atoms with van der Waals surface area (Å²) < 4.78 is 1.52. The van der Waals surface area contributed by atoms with Crippen LogP contribution in [0, 0.1) is 31.6 Å². The minimum absolute atomic E-state index is 0.0754. The maximum Gasteiger partial charge on any atom is 0.270 e. The van der Waals surface area contributed by atoms with Gasteiger partial charge in [-0.15, -0.1) is 0 Å². The summed E-state index contributed by atoms with van der Waals surface area (Å²) in [7, 11) is 1.72. The van der Waals surface area contributed by atoms with E-state index >= 15 is 0 Å². The molecule has 34 heavy (non-hydrogen) atoms. The second-order valence-corrected chi connectivity index (χ2v) is 9.84. The third-order valence-corrected chi connectivity index (χ3v) is 6.88. The van der Waals surface area contributed by atoms with Crippen LogP contribution >= 0.6 is 0 Å². The Morgan fingerprint density at radius 1 is 1.06 bits per heavy atom. The molecule has 8 nitrogen and oxygen atoms in total. The first-order valence-electron chi connectivity index (χ1n) is 11.9. The van der Waals surface area contributed by atoms with Gasteiger partial charge < -0.3 is 10.6 Å². The van der Waals surface area contributed by atoms with Gasteiger partial charge in [-0.1, -0.05) is 26.0 Å². The highest BCUT2D eigenvalue weighted by Crippen LogP contribution is 2.35. The van der Waals surface area contributed by atoms with Crippen molar-refractivity contribution in [3.8, 4) is 11.1 Å². The quantitative estimate of drug-likeness (QED) is 0.510. The number of benzene rings is 1. The average molecular weight is 463 g/mol. The Hall–Kier alpha value is -3.42. The van der Waals surface area contributed by atoms with Gasteiger partial charge in [0.05, 0.1) is 5.69 Å². The number of aromatic nitrogens is 4. The predicted molar refractivity (Wildman–Crippen MR) is 132 cm³/mol. The molecule has 1 aliphatic rings. The van der Waals surface area contributed by atoms with Crippen LogP contribution in [0.3, 0.4) is 0 Å². The van der Waals surface area contributed by atoms with Gasteiger partial charge in [0.2, 0.25) is 5.91 Å². The molecule has 0 spiro atoms. The molecule has 2 heterocycles. The van der Waals surface area contributed by atoms with Crippen LogP contribution in [-0.4, -0.2) is 37.8 Å². The number of hydrogen-bond donors (Lipinski definition) is 3. The number of carbonyl (C=O) groups excluding carboxylic acids is 2. The molecule has 1 aromatic carbocycles. The number of aryl methyl sites for hydroxylation is 3. The van der Waals surface area contributed by atoms with Gasteiger partial charge in [-0.05, 0) is 74.6 Å². The van der Waals surface area contributed by atoms with Crippen molar-refractivity contribution >= 4 is 17.5 Å². The van der Waals surface area contributed by atoms with E-state index < -0.39 is 6.04 Å². The number of nitrogens with one attached hydrogen (secondary N) is 3. The number of H-pyrrole nitrogens is 1. The molecular weight excluding hydrogens is 428 g/mol. The van der Waals surface area contributed by atoms with Gasteiger partial charge >= 0.3 is 0 Å². The standard InChI is InChI=1S/C26H34N6O2/c1-15-12-16(2)14-20(13-15)24(29-25(33)22-10-11-27-32(22)5)26(34)28-21-8-6-19(7-9-21)23-17(3)30-31-18(23)4/h6-11,15-16,20,24H,12-14H2,1-5H3,(H,28,34)(H,29,33)(H,30,31)/t15-,16+,20?,24-/m0/s1. The van der Waals surface area contributed by atoms with Crippen molar-refractivity contribution in [2.45, 2.75) is 53.0 Å². The van der Waals surface area contributed by atoms with Crippen LogP contribution in [0.1, 0.15) is 55.0 Å². The largest absolute Gasteiger partial charge is 0.339 e. The topological polar surface area (TPSA) is 105 Å². The Morgan fingerprint density at radius 2 is 1.74 bits per heavy atom. The number of rotatable bonds is 6. The molecule has 0 bridgehead atoms. The molecule has 3 N–H and O–H groups in total. The van der Waals surface area contributed by atoms with E-state index in [9.17, 15) is 9.59 Å². The van der Waals surface area contributed by atoms with Crippen molar-refractivity contribution in [3.63, 3.8) is 0 Å². The summed E-state index contributed by atoms with van der Waals surface area (Å²) in [5, 5.41) is 17.4. The van der Waals surface area contributed by atoms with Gasteiger partial charge in [0.1, 0.15) is 11.7 Å². The summed E-state index contributed by atoms with van der Waals surface area (Å²) in [6.45, 7) is 8.40. The van der Waals surface area contributed by atoms with E-state index in [-0.39, 0.29) is 17.7 Å². The first-order valence-corrected chi connectivity index (χ1v) is 11.9. The number of amides is 2. The molecule has 8 heteroatoms. The Balaban J connectivity index is 1.54. The number of anilines is 1. The van der Waals surface area contributed by atoms with Gasteiger partial charge in [-0.25, -0.2) is 0 Å². The molecule has 1 saturated carbocycles. The molecule has 1 fully saturated rings. The van der Waals surface area contributed by atoms with E-state index in [0.29, 0.717) is 23.2 Å².